The van der Waals surface area contributed by atoms with Gasteiger partial charge < -0.3 is 9.47 Å². The Morgan fingerprint density at radius 2 is 2.00 bits per heavy atom. The minimum absolute atomic E-state index is 0.284. The van der Waals surface area contributed by atoms with Gasteiger partial charge in [-0.3, -0.25) is 0 Å². The van der Waals surface area contributed by atoms with Crippen LogP contribution in [0.25, 0.3) is 0 Å². The van der Waals surface area contributed by atoms with E-state index in [4.69, 9.17) is 14.7 Å². The predicted octanol–water partition coefficient (Wildman–Crippen LogP) is -0.231. The van der Waals surface area contributed by atoms with Crippen molar-refractivity contribution >= 4 is 9.84 Å². The molecule has 0 amide bonds. The van der Waals surface area contributed by atoms with Gasteiger partial charge in [0.25, 0.3) is 6.29 Å². The quantitative estimate of drug-likeness (QED) is 0.612. The monoisotopic (exact) mass is 189 g/mol. The topological polar surface area (TPSA) is 76.4 Å². The van der Waals surface area contributed by atoms with Crippen LogP contribution in [0, 0.1) is 11.3 Å². The first kappa shape index (κ1) is 8.87. The van der Waals surface area contributed by atoms with E-state index in [0.717, 1.165) is 0 Å². The highest BCUT2D eigenvalue weighted by atomic mass is 32.2. The molecule has 1 aliphatic rings. The Labute approximate surface area is 70.1 Å². The van der Waals surface area contributed by atoms with Crippen molar-refractivity contribution in [3.63, 3.8) is 0 Å². The average Bonchev–Trinajstić information content (AvgIpc) is 2.38. The van der Waals surface area contributed by atoms with Gasteiger partial charge in [-0.1, -0.05) is 0 Å². The van der Waals surface area contributed by atoms with Crippen molar-refractivity contribution < 1.29 is 17.9 Å². The summed E-state index contributed by atoms with van der Waals surface area (Å²) in [5.74, 6) is -0.788. The summed E-state index contributed by atoms with van der Waals surface area (Å²) >= 11 is 0. The van der Waals surface area contributed by atoms with Crippen molar-refractivity contribution in [2.24, 2.45) is 0 Å². The lowest BCUT2D eigenvalue weighted by molar-refractivity contribution is -0.00275. The number of ether oxygens (including phenoxy) is 2. The predicted molar refractivity (Wildman–Crippen MR) is 39.4 cm³/mol. The van der Waals surface area contributed by atoms with E-state index in [2.05, 4.69) is 0 Å². The molecule has 0 N–H and O–H groups in total. The molecule has 66 valence electrons. The minimum atomic E-state index is -3.37. The third-order valence-corrected chi connectivity index (χ3v) is 2.54. The van der Waals surface area contributed by atoms with Crippen LogP contribution in [-0.4, -0.2) is 26.2 Å². The Balaban J connectivity index is 2.46. The van der Waals surface area contributed by atoms with Gasteiger partial charge in [-0.2, -0.15) is 5.26 Å². The second-order valence-corrected chi connectivity index (χ2v) is 4.30. The molecule has 1 heterocycles. The largest absolute Gasteiger partial charge is 0.458 e. The second kappa shape index (κ2) is 3.45. The van der Waals surface area contributed by atoms with Crippen LogP contribution >= 0.6 is 0 Å². The van der Waals surface area contributed by atoms with Crippen LogP contribution in [-0.2, 0) is 19.3 Å². The number of sulfone groups is 1. The van der Waals surface area contributed by atoms with E-state index in [-0.39, 0.29) is 5.75 Å². The summed E-state index contributed by atoms with van der Waals surface area (Å²) in [6.45, 7) is 0. The molecule has 1 rings (SSSR count). The molecule has 0 radical (unpaired) electrons. The average molecular weight is 189 g/mol. The molecule has 0 aromatic heterocycles. The molecule has 5 nitrogen and oxygen atoms in total. The molecule has 0 saturated carbocycles. The lowest BCUT2D eigenvalue weighted by atomic mass is 10.8. The molecule has 0 aromatic rings. The van der Waals surface area contributed by atoms with Gasteiger partial charge in [0.05, 0.1) is 6.07 Å². The number of nitriles is 1. The molecular weight excluding hydrogens is 182 g/mol. The summed E-state index contributed by atoms with van der Waals surface area (Å²) in [5, 5.41) is 8.15. The fraction of sp³-hybridized carbons (Fsp3) is 0.500. The van der Waals surface area contributed by atoms with Crippen molar-refractivity contribution in [2.75, 3.05) is 11.5 Å². The molecule has 1 aliphatic heterocycles. The van der Waals surface area contributed by atoms with Crippen molar-refractivity contribution in [1.29, 1.82) is 5.26 Å². The first-order chi connectivity index (χ1) is 5.64. The highest BCUT2D eigenvalue weighted by molar-refractivity contribution is 7.91. The van der Waals surface area contributed by atoms with Gasteiger partial charge in [-0.15, -0.1) is 0 Å². The summed E-state index contributed by atoms with van der Waals surface area (Å²) in [6.07, 6.45) is 1.75. The van der Waals surface area contributed by atoms with E-state index in [0.29, 0.717) is 0 Å². The molecule has 0 aliphatic carbocycles. The van der Waals surface area contributed by atoms with E-state index in [9.17, 15) is 8.42 Å². The van der Waals surface area contributed by atoms with Crippen LogP contribution in [0.2, 0.25) is 0 Å². The summed E-state index contributed by atoms with van der Waals surface area (Å²) in [5.41, 5.74) is 0. The third-order valence-electron chi connectivity index (χ3n) is 1.19. The highest BCUT2D eigenvalue weighted by Crippen LogP contribution is 2.07. The standard InChI is InChI=1S/C6H7NO4S/c7-1-4-12(8,9)5-6-10-2-3-11-6/h2-3,6H,4-5H2. The summed E-state index contributed by atoms with van der Waals surface area (Å²) in [4.78, 5) is 0. The molecule has 0 unspecified atom stereocenters. The molecule has 0 bridgehead atoms. The van der Waals surface area contributed by atoms with E-state index < -0.39 is 21.9 Å². The molecule has 0 saturated heterocycles. The Morgan fingerprint density at radius 1 is 1.42 bits per heavy atom. The molecule has 6 heteroatoms. The van der Waals surface area contributed by atoms with Crippen LogP contribution in [0.5, 0.6) is 0 Å². The van der Waals surface area contributed by atoms with E-state index in [1.807, 2.05) is 0 Å². The second-order valence-electron chi connectivity index (χ2n) is 2.19. The van der Waals surface area contributed by atoms with Crippen molar-refractivity contribution in [1.82, 2.24) is 0 Å². The molecule has 0 aromatic carbocycles. The Bertz CT molecular complexity index is 305. The lowest BCUT2D eigenvalue weighted by Crippen LogP contribution is -2.23. The molecule has 12 heavy (non-hydrogen) atoms. The van der Waals surface area contributed by atoms with Gasteiger partial charge in [0, 0.05) is 0 Å². The van der Waals surface area contributed by atoms with Gasteiger partial charge >= 0.3 is 0 Å². The highest BCUT2D eigenvalue weighted by Gasteiger charge is 2.22. The first-order valence-electron chi connectivity index (χ1n) is 3.17. The Kier molecular flexibility index (Phi) is 2.55. The summed E-state index contributed by atoms with van der Waals surface area (Å²) < 4.78 is 31.4. The zero-order valence-corrected chi connectivity index (χ0v) is 6.95. The van der Waals surface area contributed by atoms with Gasteiger partial charge in [0.1, 0.15) is 24.0 Å². The maximum Gasteiger partial charge on any atom is 0.253 e. The molecule has 0 atom stereocenters. The lowest BCUT2D eigenvalue weighted by Gasteiger charge is -2.08. The maximum absolute atomic E-state index is 11.0. The zero-order valence-electron chi connectivity index (χ0n) is 6.13. The van der Waals surface area contributed by atoms with Crippen LogP contribution < -0.4 is 0 Å². The molecule has 0 spiro atoms. The van der Waals surface area contributed by atoms with Gasteiger partial charge in [0.2, 0.25) is 0 Å². The molecule has 0 fully saturated rings. The maximum atomic E-state index is 11.0. The Hall–Kier alpha value is -1.22. The normalized spacial score (nSPS) is 16.6. The van der Waals surface area contributed by atoms with Crippen molar-refractivity contribution in [3.8, 4) is 6.07 Å². The van der Waals surface area contributed by atoms with Crippen molar-refractivity contribution in [3.05, 3.63) is 12.5 Å². The van der Waals surface area contributed by atoms with Crippen LogP contribution in [0.1, 0.15) is 0 Å². The smallest absolute Gasteiger partial charge is 0.253 e. The van der Waals surface area contributed by atoms with E-state index in [1.165, 1.54) is 12.5 Å². The number of rotatable bonds is 3. The summed E-state index contributed by atoms with van der Waals surface area (Å²) in [6, 6.07) is 1.56. The number of nitrogens with zero attached hydrogens (tertiary/aromatic N) is 1. The van der Waals surface area contributed by atoms with Gasteiger partial charge in [0.15, 0.2) is 9.84 Å². The van der Waals surface area contributed by atoms with E-state index >= 15 is 0 Å². The van der Waals surface area contributed by atoms with Crippen LogP contribution in [0.3, 0.4) is 0 Å². The van der Waals surface area contributed by atoms with Crippen LogP contribution in [0.4, 0.5) is 0 Å². The van der Waals surface area contributed by atoms with E-state index in [1.54, 1.807) is 6.07 Å². The summed E-state index contributed by atoms with van der Waals surface area (Å²) in [7, 11) is -3.37. The van der Waals surface area contributed by atoms with Gasteiger partial charge in [-0.25, -0.2) is 8.42 Å². The number of hydrogen-bond donors (Lipinski definition) is 0. The van der Waals surface area contributed by atoms with Crippen LogP contribution in [0.15, 0.2) is 12.5 Å². The zero-order chi connectivity index (χ0) is 9.03. The molecular formula is C6H7NO4S. The third kappa shape index (κ3) is 2.43. The SMILES string of the molecule is N#CCS(=O)(=O)CC1OC=CO1. The fourth-order valence-corrected chi connectivity index (χ4v) is 1.60. The van der Waals surface area contributed by atoms with Crippen molar-refractivity contribution in [2.45, 2.75) is 6.29 Å². The fourth-order valence-electron chi connectivity index (χ4n) is 0.715. The first-order valence-corrected chi connectivity index (χ1v) is 4.99. The Morgan fingerprint density at radius 3 is 2.50 bits per heavy atom. The van der Waals surface area contributed by atoms with Gasteiger partial charge in [-0.05, 0) is 0 Å². The number of hydrogen-bond acceptors (Lipinski definition) is 5. The minimum Gasteiger partial charge on any atom is -0.458 e.